The molecule has 20 heavy (non-hydrogen) atoms. The van der Waals surface area contributed by atoms with E-state index in [1.807, 2.05) is 6.92 Å². The first-order chi connectivity index (χ1) is 9.47. The van der Waals surface area contributed by atoms with Gasteiger partial charge in [0.15, 0.2) is 0 Å². The zero-order chi connectivity index (χ0) is 15.1. The monoisotopic (exact) mass is 314 g/mol. The molecule has 0 fully saturated rings. The number of carbonyl (C=O) groups is 2. The van der Waals surface area contributed by atoms with E-state index in [1.165, 1.54) is 18.8 Å². The molecule has 0 aliphatic heterocycles. The lowest BCUT2D eigenvalue weighted by Gasteiger charge is -2.10. The minimum atomic E-state index is -0.328. The average molecular weight is 315 g/mol. The fourth-order valence-corrected chi connectivity index (χ4v) is 3.01. The van der Waals surface area contributed by atoms with Crippen molar-refractivity contribution < 1.29 is 9.59 Å². The minimum Gasteiger partial charge on any atom is -0.341 e. The average Bonchev–Trinajstić information content (AvgIpc) is 2.38. The van der Waals surface area contributed by atoms with Crippen molar-refractivity contribution in [3.63, 3.8) is 0 Å². The molecule has 0 aromatic heterocycles. The van der Waals surface area contributed by atoms with Crippen molar-refractivity contribution in [3.05, 3.63) is 28.8 Å². The highest BCUT2D eigenvalue weighted by Gasteiger charge is 2.15. The van der Waals surface area contributed by atoms with Crippen LogP contribution in [0.1, 0.15) is 37.0 Å². The lowest BCUT2D eigenvalue weighted by Crippen LogP contribution is -2.24. The van der Waals surface area contributed by atoms with Crippen LogP contribution in [0.5, 0.6) is 0 Å². The summed E-state index contributed by atoms with van der Waals surface area (Å²) in [5.41, 5.74) is 1.03. The summed E-state index contributed by atoms with van der Waals surface area (Å²) in [5.74, 6) is 0. The fraction of sp³-hybridized carbons (Fsp3) is 0.429. The van der Waals surface area contributed by atoms with Crippen molar-refractivity contribution in [2.45, 2.75) is 31.9 Å². The Bertz CT molecular complexity index is 494. The molecular weight excluding hydrogens is 296 g/mol. The van der Waals surface area contributed by atoms with Gasteiger partial charge in [-0.15, -0.1) is 0 Å². The predicted molar refractivity (Wildman–Crippen MR) is 85.8 cm³/mol. The molecule has 2 N–H and O–H groups in total. The zero-order valence-electron chi connectivity index (χ0n) is 11.8. The number of carbonyl (C=O) groups excluding carboxylic acids is 2. The van der Waals surface area contributed by atoms with Gasteiger partial charge in [-0.3, -0.25) is 4.79 Å². The minimum absolute atomic E-state index is 0.0394. The van der Waals surface area contributed by atoms with Crippen LogP contribution < -0.4 is 10.6 Å². The lowest BCUT2D eigenvalue weighted by atomic mass is 10.2. The van der Waals surface area contributed by atoms with Gasteiger partial charge in [-0.2, -0.15) is 0 Å². The van der Waals surface area contributed by atoms with Crippen molar-refractivity contribution in [3.8, 4) is 0 Å². The second kappa shape index (κ2) is 8.17. The summed E-state index contributed by atoms with van der Waals surface area (Å²) in [6.45, 7) is 4.12. The van der Waals surface area contributed by atoms with Gasteiger partial charge in [-0.1, -0.05) is 43.6 Å². The molecule has 1 aromatic rings. The van der Waals surface area contributed by atoms with E-state index in [0.717, 1.165) is 12.8 Å². The van der Waals surface area contributed by atoms with E-state index in [4.69, 9.17) is 11.6 Å². The number of hydrogen-bond acceptors (Lipinski definition) is 3. The van der Waals surface area contributed by atoms with Crippen LogP contribution in [0.25, 0.3) is 0 Å². The number of urea groups is 1. The molecule has 1 rings (SSSR count). The number of benzene rings is 1. The van der Waals surface area contributed by atoms with Gasteiger partial charge >= 0.3 is 6.03 Å². The van der Waals surface area contributed by atoms with Gasteiger partial charge in [0.2, 0.25) is 5.12 Å². The van der Waals surface area contributed by atoms with Crippen LogP contribution in [-0.2, 0) is 0 Å². The number of amides is 2. The van der Waals surface area contributed by atoms with Gasteiger partial charge in [0, 0.05) is 23.5 Å². The number of anilines is 1. The topological polar surface area (TPSA) is 58.2 Å². The number of nitrogens with one attached hydrogen (secondary N) is 2. The summed E-state index contributed by atoms with van der Waals surface area (Å²) in [7, 11) is 1.53. The molecule has 1 aromatic carbocycles. The third-order valence-corrected chi connectivity index (χ3v) is 4.06. The van der Waals surface area contributed by atoms with E-state index >= 15 is 0 Å². The SMILES string of the molecule is CCCC(C)SC(=O)c1ccc(NC(=O)NC)cc1Cl. The summed E-state index contributed by atoms with van der Waals surface area (Å²) in [6, 6.07) is 4.56. The maximum Gasteiger partial charge on any atom is 0.318 e. The molecule has 2 amide bonds. The molecule has 0 radical (unpaired) electrons. The van der Waals surface area contributed by atoms with Crippen LogP contribution in [0.15, 0.2) is 18.2 Å². The summed E-state index contributed by atoms with van der Waals surface area (Å²) in [4.78, 5) is 23.3. The molecule has 0 bridgehead atoms. The summed E-state index contributed by atoms with van der Waals surface area (Å²) in [5, 5.41) is 5.63. The molecule has 0 heterocycles. The highest BCUT2D eigenvalue weighted by molar-refractivity contribution is 8.14. The Morgan fingerprint density at radius 3 is 2.65 bits per heavy atom. The summed E-state index contributed by atoms with van der Waals surface area (Å²) >= 11 is 7.40. The number of hydrogen-bond donors (Lipinski definition) is 2. The molecule has 0 saturated carbocycles. The lowest BCUT2D eigenvalue weighted by molar-refractivity contribution is 0.108. The number of thioether (sulfide) groups is 1. The van der Waals surface area contributed by atoms with Crippen LogP contribution in [0.2, 0.25) is 5.02 Å². The van der Waals surface area contributed by atoms with Crippen molar-refractivity contribution in [2.75, 3.05) is 12.4 Å². The van der Waals surface area contributed by atoms with Crippen LogP contribution >= 0.6 is 23.4 Å². The van der Waals surface area contributed by atoms with Crippen LogP contribution in [0.4, 0.5) is 10.5 Å². The number of rotatable bonds is 5. The Morgan fingerprint density at radius 2 is 2.10 bits per heavy atom. The Kier molecular flexibility index (Phi) is 6.88. The third kappa shape index (κ3) is 5.06. The second-order valence-corrected chi connectivity index (χ2v) is 6.22. The van der Waals surface area contributed by atoms with Gasteiger partial charge in [-0.25, -0.2) is 4.79 Å². The largest absolute Gasteiger partial charge is 0.341 e. The molecule has 1 atom stereocenters. The first kappa shape index (κ1) is 16.9. The molecule has 0 aliphatic rings. The normalized spacial score (nSPS) is 11.8. The maximum absolute atomic E-state index is 12.1. The fourth-order valence-electron chi connectivity index (χ4n) is 1.66. The molecule has 0 spiro atoms. The molecule has 6 heteroatoms. The molecule has 0 aliphatic carbocycles. The van der Waals surface area contributed by atoms with E-state index in [0.29, 0.717) is 16.3 Å². The molecule has 110 valence electrons. The molecule has 1 unspecified atom stereocenters. The Balaban J connectivity index is 2.77. The van der Waals surface area contributed by atoms with E-state index in [9.17, 15) is 9.59 Å². The second-order valence-electron chi connectivity index (χ2n) is 4.40. The molecule has 4 nitrogen and oxygen atoms in total. The maximum atomic E-state index is 12.1. The van der Waals surface area contributed by atoms with Crippen molar-refractivity contribution in [1.29, 1.82) is 0 Å². The van der Waals surface area contributed by atoms with E-state index in [-0.39, 0.29) is 16.4 Å². The highest BCUT2D eigenvalue weighted by atomic mass is 35.5. The van der Waals surface area contributed by atoms with Gasteiger partial charge in [0.1, 0.15) is 0 Å². The van der Waals surface area contributed by atoms with Gasteiger partial charge < -0.3 is 10.6 Å². The van der Waals surface area contributed by atoms with E-state index in [2.05, 4.69) is 17.6 Å². The van der Waals surface area contributed by atoms with Gasteiger partial charge in [-0.05, 0) is 24.6 Å². The highest BCUT2D eigenvalue weighted by Crippen LogP contribution is 2.27. The van der Waals surface area contributed by atoms with Crippen LogP contribution in [0.3, 0.4) is 0 Å². The van der Waals surface area contributed by atoms with Crippen LogP contribution in [0, 0.1) is 0 Å². The van der Waals surface area contributed by atoms with Gasteiger partial charge in [0.05, 0.1) is 5.02 Å². The zero-order valence-corrected chi connectivity index (χ0v) is 13.4. The Labute approximate surface area is 128 Å². The Morgan fingerprint density at radius 1 is 1.40 bits per heavy atom. The molecule has 0 saturated heterocycles. The van der Waals surface area contributed by atoms with Gasteiger partial charge in [0.25, 0.3) is 0 Å². The number of halogens is 1. The predicted octanol–water partition coefficient (Wildman–Crippen LogP) is 4.15. The van der Waals surface area contributed by atoms with Crippen molar-refractivity contribution in [2.24, 2.45) is 0 Å². The van der Waals surface area contributed by atoms with Crippen molar-refractivity contribution >= 4 is 40.2 Å². The molecular formula is C14H19ClN2O2S. The quantitative estimate of drug-likeness (QED) is 0.858. The standard InChI is InChI=1S/C14H19ClN2O2S/c1-4-5-9(2)20-13(18)11-7-6-10(8-12(11)15)17-14(19)16-3/h6-9H,4-5H2,1-3H3,(H2,16,17,19). The van der Waals surface area contributed by atoms with E-state index < -0.39 is 0 Å². The summed E-state index contributed by atoms with van der Waals surface area (Å²) in [6.07, 6.45) is 2.04. The Hall–Kier alpha value is -1.20. The van der Waals surface area contributed by atoms with Crippen molar-refractivity contribution in [1.82, 2.24) is 5.32 Å². The third-order valence-electron chi connectivity index (χ3n) is 2.68. The van der Waals surface area contributed by atoms with Crippen LogP contribution in [-0.4, -0.2) is 23.4 Å². The first-order valence-electron chi connectivity index (χ1n) is 6.47. The smallest absolute Gasteiger partial charge is 0.318 e. The van der Waals surface area contributed by atoms with E-state index in [1.54, 1.807) is 18.2 Å². The first-order valence-corrected chi connectivity index (χ1v) is 7.73. The summed E-state index contributed by atoms with van der Waals surface area (Å²) < 4.78 is 0.